The Morgan fingerprint density at radius 3 is 3.04 bits per heavy atom. The minimum absolute atomic E-state index is 0.311. The van der Waals surface area contributed by atoms with Gasteiger partial charge >= 0.3 is 0 Å². The van der Waals surface area contributed by atoms with Crippen molar-refractivity contribution in [3.05, 3.63) is 64.9 Å². The van der Waals surface area contributed by atoms with Gasteiger partial charge in [-0.15, -0.1) is 0 Å². The summed E-state index contributed by atoms with van der Waals surface area (Å²) in [5, 5.41) is 12.1. The molecule has 2 atom stereocenters. The Balaban J connectivity index is 1.64. The normalized spacial score (nSPS) is 20.6. The minimum Gasteiger partial charge on any atom is -0.386 e. The van der Waals surface area contributed by atoms with Crippen LogP contribution in [0.15, 0.2) is 36.7 Å². The molecule has 1 aromatic carbocycles. The zero-order valence-corrected chi connectivity index (χ0v) is 15.5. The van der Waals surface area contributed by atoms with Crippen LogP contribution in [-0.2, 0) is 13.0 Å². The van der Waals surface area contributed by atoms with Crippen molar-refractivity contribution in [2.24, 2.45) is 0 Å². The molecule has 0 spiro atoms. The molecule has 4 nitrogen and oxygen atoms in total. The summed E-state index contributed by atoms with van der Waals surface area (Å²) in [6.45, 7) is 4.72. The molecular formula is C22H24FN3O. The van der Waals surface area contributed by atoms with E-state index in [-0.39, 0.29) is 0 Å². The molecule has 0 saturated carbocycles. The Bertz CT molecular complexity index is 1010. The number of aliphatic hydroxyl groups excluding tert-OH is 1. The molecule has 4 heterocycles. The van der Waals surface area contributed by atoms with E-state index in [0.717, 1.165) is 18.5 Å². The van der Waals surface area contributed by atoms with Gasteiger partial charge in [0.1, 0.15) is 5.82 Å². The van der Waals surface area contributed by atoms with Gasteiger partial charge in [0, 0.05) is 47.4 Å². The van der Waals surface area contributed by atoms with Crippen LogP contribution in [0, 0.1) is 12.7 Å². The number of fused-ring (bicyclic) bond motifs is 5. The first kappa shape index (κ1) is 16.9. The second kappa shape index (κ2) is 6.43. The molecule has 140 valence electrons. The summed E-state index contributed by atoms with van der Waals surface area (Å²) >= 11 is 0. The lowest BCUT2D eigenvalue weighted by atomic mass is 9.95. The van der Waals surface area contributed by atoms with Gasteiger partial charge in [0.15, 0.2) is 0 Å². The van der Waals surface area contributed by atoms with Crippen molar-refractivity contribution in [3.8, 4) is 0 Å². The van der Waals surface area contributed by atoms with E-state index in [4.69, 9.17) is 0 Å². The van der Waals surface area contributed by atoms with Crippen LogP contribution in [0.3, 0.4) is 0 Å². The lowest BCUT2D eigenvalue weighted by molar-refractivity contribution is 0.151. The van der Waals surface area contributed by atoms with E-state index in [1.165, 1.54) is 54.0 Å². The first-order chi connectivity index (χ1) is 13.1. The molecule has 5 heteroatoms. The summed E-state index contributed by atoms with van der Waals surface area (Å²) in [5.41, 5.74) is 5.45. The van der Waals surface area contributed by atoms with E-state index >= 15 is 0 Å². The highest BCUT2D eigenvalue weighted by molar-refractivity contribution is 5.87. The summed E-state index contributed by atoms with van der Waals surface area (Å²) in [5.74, 6) is -0.451. The van der Waals surface area contributed by atoms with Gasteiger partial charge in [-0.3, -0.25) is 9.88 Å². The van der Waals surface area contributed by atoms with Crippen molar-refractivity contribution in [1.82, 2.24) is 14.5 Å². The minimum atomic E-state index is -0.893. The maximum Gasteiger partial charge on any atom is 0.147 e. The Labute approximate surface area is 158 Å². The van der Waals surface area contributed by atoms with Gasteiger partial charge in [0.25, 0.3) is 0 Å². The fraction of sp³-hybridized carbons (Fsp3) is 0.409. The van der Waals surface area contributed by atoms with Crippen LogP contribution in [0.2, 0.25) is 0 Å². The van der Waals surface area contributed by atoms with Crippen molar-refractivity contribution in [2.75, 3.05) is 13.1 Å². The Kier molecular flexibility index (Phi) is 4.02. The van der Waals surface area contributed by atoms with E-state index in [1.54, 1.807) is 6.07 Å². The lowest BCUT2D eigenvalue weighted by Gasteiger charge is -2.31. The summed E-state index contributed by atoms with van der Waals surface area (Å²) in [4.78, 5) is 6.38. The molecule has 0 bridgehead atoms. The van der Waals surface area contributed by atoms with E-state index in [2.05, 4.69) is 39.6 Å². The number of aromatic nitrogens is 2. The van der Waals surface area contributed by atoms with Gasteiger partial charge in [0.2, 0.25) is 0 Å². The van der Waals surface area contributed by atoms with E-state index in [0.29, 0.717) is 18.2 Å². The molecule has 3 aromatic rings. The second-order valence-electron chi connectivity index (χ2n) is 7.85. The highest BCUT2D eigenvalue weighted by atomic mass is 19.1. The quantitative estimate of drug-likeness (QED) is 0.765. The third kappa shape index (κ3) is 2.68. The summed E-state index contributed by atoms with van der Waals surface area (Å²) in [6.07, 6.45) is 5.22. The zero-order valence-electron chi connectivity index (χ0n) is 15.5. The van der Waals surface area contributed by atoms with Crippen LogP contribution in [0.5, 0.6) is 0 Å². The first-order valence-corrected chi connectivity index (χ1v) is 9.76. The van der Waals surface area contributed by atoms with Crippen LogP contribution in [-0.4, -0.2) is 32.6 Å². The molecule has 2 aromatic heterocycles. The molecule has 2 unspecified atom stereocenters. The van der Waals surface area contributed by atoms with Gasteiger partial charge in [-0.25, -0.2) is 4.39 Å². The molecule has 1 saturated heterocycles. The number of nitrogens with zero attached hydrogens (tertiary/aromatic N) is 3. The fourth-order valence-corrected chi connectivity index (χ4v) is 4.99. The molecule has 5 rings (SSSR count). The third-order valence-corrected chi connectivity index (χ3v) is 6.22. The van der Waals surface area contributed by atoms with E-state index < -0.39 is 11.9 Å². The van der Waals surface area contributed by atoms with Crippen molar-refractivity contribution >= 4 is 10.9 Å². The maximum atomic E-state index is 14.1. The molecule has 2 aliphatic heterocycles. The van der Waals surface area contributed by atoms with Gasteiger partial charge < -0.3 is 9.67 Å². The maximum absolute atomic E-state index is 14.1. The van der Waals surface area contributed by atoms with Crippen molar-refractivity contribution in [3.63, 3.8) is 0 Å². The topological polar surface area (TPSA) is 41.3 Å². The predicted molar refractivity (Wildman–Crippen MR) is 103 cm³/mol. The Morgan fingerprint density at radius 1 is 1.30 bits per heavy atom. The number of aliphatic hydroxyl groups is 1. The summed E-state index contributed by atoms with van der Waals surface area (Å²) in [6, 6.07) is 8.59. The van der Waals surface area contributed by atoms with Crippen molar-refractivity contribution in [1.29, 1.82) is 0 Å². The first-order valence-electron chi connectivity index (χ1n) is 9.76. The molecule has 1 N–H and O–H groups in total. The molecule has 27 heavy (non-hydrogen) atoms. The largest absolute Gasteiger partial charge is 0.386 e. The molecule has 0 aliphatic carbocycles. The molecule has 0 amide bonds. The standard InChI is InChI=1S/C22H24FN3O/c1-14-4-5-18-16(11-14)22-19-3-2-9-25(19)10-7-20(22)26(18)13-21(27)15-6-8-24-12-17(15)23/h4-6,8,11-12,19,21,27H,2-3,7,9-10,13H2,1H3. The van der Waals surface area contributed by atoms with Gasteiger partial charge in [-0.2, -0.15) is 0 Å². The molecular weight excluding hydrogens is 341 g/mol. The van der Waals surface area contributed by atoms with E-state index in [9.17, 15) is 9.50 Å². The average Bonchev–Trinajstić information content (AvgIpc) is 3.25. The third-order valence-electron chi connectivity index (χ3n) is 6.22. The van der Waals surface area contributed by atoms with Crippen LogP contribution in [0.1, 0.15) is 47.4 Å². The molecule has 1 fully saturated rings. The fourth-order valence-electron chi connectivity index (χ4n) is 4.99. The highest BCUT2D eigenvalue weighted by Crippen LogP contribution is 2.43. The number of rotatable bonds is 3. The van der Waals surface area contributed by atoms with Crippen LogP contribution in [0.4, 0.5) is 4.39 Å². The van der Waals surface area contributed by atoms with Gasteiger partial charge in [-0.1, -0.05) is 11.6 Å². The molecule has 2 aliphatic rings. The Morgan fingerprint density at radius 2 is 2.19 bits per heavy atom. The van der Waals surface area contributed by atoms with Gasteiger partial charge in [-0.05, 0) is 50.1 Å². The Hall–Kier alpha value is -2.24. The number of hydrogen-bond acceptors (Lipinski definition) is 3. The van der Waals surface area contributed by atoms with Crippen LogP contribution in [0.25, 0.3) is 10.9 Å². The van der Waals surface area contributed by atoms with Crippen LogP contribution < -0.4 is 0 Å². The number of halogens is 1. The number of hydrogen-bond donors (Lipinski definition) is 1. The second-order valence-corrected chi connectivity index (χ2v) is 7.85. The SMILES string of the molecule is Cc1ccc2c(c1)c1c(n2CC(O)c2ccncc2F)CCN2CCCC12. The summed E-state index contributed by atoms with van der Waals surface area (Å²) in [7, 11) is 0. The average molecular weight is 365 g/mol. The van der Waals surface area contributed by atoms with Crippen molar-refractivity contribution < 1.29 is 9.50 Å². The monoisotopic (exact) mass is 365 g/mol. The smallest absolute Gasteiger partial charge is 0.147 e. The predicted octanol–water partition coefficient (Wildman–Crippen LogP) is 3.91. The van der Waals surface area contributed by atoms with Gasteiger partial charge in [0.05, 0.1) is 18.8 Å². The zero-order chi connectivity index (χ0) is 18.5. The number of benzene rings is 1. The van der Waals surface area contributed by atoms with Crippen molar-refractivity contribution in [2.45, 2.75) is 44.9 Å². The number of pyridine rings is 1. The summed E-state index contributed by atoms with van der Waals surface area (Å²) < 4.78 is 16.3. The molecule has 0 radical (unpaired) electrons. The highest BCUT2D eigenvalue weighted by Gasteiger charge is 2.35. The number of aryl methyl sites for hydroxylation is 1. The van der Waals surface area contributed by atoms with E-state index in [1.807, 2.05) is 0 Å². The lowest BCUT2D eigenvalue weighted by Crippen LogP contribution is -2.31. The van der Waals surface area contributed by atoms with Crippen LogP contribution >= 0.6 is 0 Å².